The van der Waals surface area contributed by atoms with Crippen LogP contribution in [0.5, 0.6) is 0 Å². The molecule has 9 heteroatoms. The van der Waals surface area contributed by atoms with Gasteiger partial charge < -0.3 is 10.6 Å². The minimum atomic E-state index is -4.41. The zero-order valence-corrected chi connectivity index (χ0v) is 14.8. The zero-order valence-electron chi connectivity index (χ0n) is 14.0. The molecule has 3 aromatic rings. The van der Waals surface area contributed by atoms with Crippen molar-refractivity contribution in [2.75, 3.05) is 5.32 Å². The van der Waals surface area contributed by atoms with Crippen LogP contribution in [0.2, 0.25) is 0 Å². The van der Waals surface area contributed by atoms with Gasteiger partial charge in [-0.05, 0) is 30.3 Å². The van der Waals surface area contributed by atoms with Gasteiger partial charge in [0.05, 0.1) is 29.9 Å². The number of hydrogen-bond donors (Lipinski definition) is 2. The highest BCUT2D eigenvalue weighted by Crippen LogP contribution is 2.31. The molecule has 0 radical (unpaired) electrons. The molecule has 5 nitrogen and oxygen atoms in total. The molecule has 3 rings (SSSR count). The van der Waals surface area contributed by atoms with E-state index in [0.717, 1.165) is 17.8 Å². The molecule has 140 valence electrons. The summed E-state index contributed by atoms with van der Waals surface area (Å²) >= 11 is 1.22. The number of carbonyl (C=O) groups is 1. The van der Waals surface area contributed by atoms with E-state index < -0.39 is 11.7 Å². The van der Waals surface area contributed by atoms with Crippen molar-refractivity contribution in [1.29, 1.82) is 0 Å². The normalized spacial score (nSPS) is 11.2. The van der Waals surface area contributed by atoms with E-state index in [9.17, 15) is 18.0 Å². The SMILES string of the molecule is O=C(Cc1csc(Nc2cccc(C(F)(F)F)c2)n1)NCc1ccccn1. The molecular weight excluding hydrogens is 377 g/mol. The molecular formula is C18H15F3N4OS. The van der Waals surface area contributed by atoms with Gasteiger partial charge in [0.25, 0.3) is 0 Å². The Morgan fingerprint density at radius 3 is 2.70 bits per heavy atom. The number of pyridine rings is 1. The van der Waals surface area contributed by atoms with Gasteiger partial charge >= 0.3 is 6.18 Å². The van der Waals surface area contributed by atoms with Gasteiger partial charge in [0, 0.05) is 17.3 Å². The lowest BCUT2D eigenvalue weighted by Gasteiger charge is -2.09. The molecule has 0 aliphatic carbocycles. The number of thiazole rings is 1. The first kappa shape index (κ1) is 18.8. The summed E-state index contributed by atoms with van der Waals surface area (Å²) in [6, 6.07) is 10.3. The lowest BCUT2D eigenvalue weighted by molar-refractivity contribution is -0.137. The zero-order chi connectivity index (χ0) is 19.3. The molecule has 2 aromatic heterocycles. The largest absolute Gasteiger partial charge is 0.416 e. The van der Waals surface area contributed by atoms with Crippen LogP contribution in [0.3, 0.4) is 0 Å². The van der Waals surface area contributed by atoms with Gasteiger partial charge in [-0.3, -0.25) is 9.78 Å². The quantitative estimate of drug-likeness (QED) is 0.661. The maximum atomic E-state index is 12.8. The van der Waals surface area contributed by atoms with E-state index in [1.807, 2.05) is 6.07 Å². The summed E-state index contributed by atoms with van der Waals surface area (Å²) in [4.78, 5) is 20.3. The lowest BCUT2D eigenvalue weighted by Crippen LogP contribution is -2.25. The van der Waals surface area contributed by atoms with E-state index in [1.165, 1.54) is 23.5 Å². The molecule has 0 fully saturated rings. The lowest BCUT2D eigenvalue weighted by atomic mass is 10.2. The Morgan fingerprint density at radius 1 is 1.11 bits per heavy atom. The number of nitrogens with one attached hydrogen (secondary N) is 2. The van der Waals surface area contributed by atoms with E-state index in [4.69, 9.17) is 0 Å². The number of anilines is 2. The summed E-state index contributed by atoms with van der Waals surface area (Å²) in [6.07, 6.45) is -2.68. The Labute approximate surface area is 157 Å². The Balaban J connectivity index is 1.56. The molecule has 0 bridgehead atoms. The summed E-state index contributed by atoms with van der Waals surface area (Å²) in [5.41, 5.74) is 0.826. The van der Waals surface area contributed by atoms with Gasteiger partial charge in [-0.15, -0.1) is 11.3 Å². The minimum Gasteiger partial charge on any atom is -0.350 e. The first-order valence-electron chi connectivity index (χ1n) is 7.95. The fourth-order valence-electron chi connectivity index (χ4n) is 2.26. The molecule has 2 N–H and O–H groups in total. The second kappa shape index (κ2) is 8.17. The van der Waals surface area contributed by atoms with Crippen molar-refractivity contribution in [1.82, 2.24) is 15.3 Å². The van der Waals surface area contributed by atoms with Crippen molar-refractivity contribution < 1.29 is 18.0 Å². The summed E-state index contributed by atoms with van der Waals surface area (Å²) in [6.45, 7) is 0.319. The van der Waals surface area contributed by atoms with Crippen LogP contribution in [0.15, 0.2) is 54.0 Å². The molecule has 0 spiro atoms. The Morgan fingerprint density at radius 2 is 1.96 bits per heavy atom. The molecule has 0 saturated heterocycles. The molecule has 0 aliphatic rings. The van der Waals surface area contributed by atoms with Crippen molar-refractivity contribution in [3.8, 4) is 0 Å². The van der Waals surface area contributed by atoms with Crippen molar-refractivity contribution in [3.05, 3.63) is 71.0 Å². The van der Waals surface area contributed by atoms with Gasteiger partial charge in [0.1, 0.15) is 0 Å². The number of nitrogens with zero attached hydrogens (tertiary/aromatic N) is 2. The maximum absolute atomic E-state index is 12.8. The molecule has 0 atom stereocenters. The molecule has 27 heavy (non-hydrogen) atoms. The van der Waals surface area contributed by atoms with Crippen LogP contribution in [0.1, 0.15) is 17.0 Å². The van der Waals surface area contributed by atoms with E-state index in [2.05, 4.69) is 20.6 Å². The first-order valence-corrected chi connectivity index (χ1v) is 8.83. The monoisotopic (exact) mass is 392 g/mol. The van der Waals surface area contributed by atoms with E-state index in [-0.39, 0.29) is 18.0 Å². The topological polar surface area (TPSA) is 66.9 Å². The number of aromatic nitrogens is 2. The van der Waals surface area contributed by atoms with Crippen LogP contribution < -0.4 is 10.6 Å². The van der Waals surface area contributed by atoms with Gasteiger partial charge in [-0.25, -0.2) is 4.98 Å². The van der Waals surface area contributed by atoms with E-state index >= 15 is 0 Å². The summed E-state index contributed by atoms with van der Waals surface area (Å²) in [5.74, 6) is -0.212. The fraction of sp³-hybridized carbons (Fsp3) is 0.167. The summed E-state index contributed by atoms with van der Waals surface area (Å²) < 4.78 is 38.3. The van der Waals surface area contributed by atoms with Crippen molar-refractivity contribution in [2.24, 2.45) is 0 Å². The number of halogens is 3. The molecule has 1 aromatic carbocycles. The number of benzene rings is 1. The second-order valence-electron chi connectivity index (χ2n) is 5.62. The Bertz CT molecular complexity index is 912. The third-order valence-corrected chi connectivity index (χ3v) is 4.33. The molecule has 2 heterocycles. The highest BCUT2D eigenvalue weighted by atomic mass is 32.1. The molecule has 0 unspecified atom stereocenters. The molecule has 0 aliphatic heterocycles. The predicted octanol–water partition coefficient (Wildman–Crippen LogP) is 4.16. The van der Waals surface area contributed by atoms with Gasteiger partial charge in [0.15, 0.2) is 5.13 Å². The van der Waals surface area contributed by atoms with Crippen molar-refractivity contribution in [2.45, 2.75) is 19.1 Å². The smallest absolute Gasteiger partial charge is 0.350 e. The second-order valence-corrected chi connectivity index (χ2v) is 6.48. The Kier molecular flexibility index (Phi) is 5.70. The van der Waals surface area contributed by atoms with Crippen LogP contribution >= 0.6 is 11.3 Å². The number of alkyl halides is 3. The molecule has 1 amide bonds. The average Bonchev–Trinajstić information content (AvgIpc) is 3.07. The summed E-state index contributed by atoms with van der Waals surface area (Å²) in [5, 5.41) is 7.69. The number of carbonyl (C=O) groups excluding carboxylic acids is 1. The van der Waals surface area contributed by atoms with Gasteiger partial charge in [-0.1, -0.05) is 12.1 Å². The van der Waals surface area contributed by atoms with E-state index in [1.54, 1.807) is 23.7 Å². The van der Waals surface area contributed by atoms with E-state index in [0.29, 0.717) is 17.4 Å². The minimum absolute atomic E-state index is 0.0770. The van der Waals surface area contributed by atoms with Crippen molar-refractivity contribution in [3.63, 3.8) is 0 Å². The first-order chi connectivity index (χ1) is 12.9. The van der Waals surface area contributed by atoms with Crippen LogP contribution in [0.25, 0.3) is 0 Å². The highest BCUT2D eigenvalue weighted by Gasteiger charge is 2.30. The van der Waals surface area contributed by atoms with Gasteiger partial charge in [-0.2, -0.15) is 13.2 Å². The van der Waals surface area contributed by atoms with Crippen LogP contribution in [0, 0.1) is 0 Å². The predicted molar refractivity (Wildman–Crippen MR) is 96.6 cm³/mol. The molecule has 0 saturated carbocycles. The van der Waals surface area contributed by atoms with Crippen LogP contribution in [-0.2, 0) is 23.9 Å². The number of rotatable bonds is 6. The Hall–Kier alpha value is -2.94. The third-order valence-electron chi connectivity index (χ3n) is 3.53. The van der Waals surface area contributed by atoms with Crippen molar-refractivity contribution >= 4 is 28.1 Å². The van der Waals surface area contributed by atoms with Gasteiger partial charge in [0.2, 0.25) is 5.91 Å². The third kappa shape index (κ3) is 5.52. The average molecular weight is 392 g/mol. The summed E-state index contributed by atoms with van der Waals surface area (Å²) in [7, 11) is 0. The highest BCUT2D eigenvalue weighted by molar-refractivity contribution is 7.13. The fourth-order valence-corrected chi connectivity index (χ4v) is 2.99. The number of hydrogen-bond acceptors (Lipinski definition) is 5. The number of amides is 1. The maximum Gasteiger partial charge on any atom is 0.416 e. The van der Waals surface area contributed by atoms with Crippen LogP contribution in [-0.4, -0.2) is 15.9 Å². The standard InChI is InChI=1S/C18H15F3N4OS/c19-18(20,21)12-4-3-6-13(8-12)24-17-25-15(11-27-17)9-16(26)23-10-14-5-1-2-7-22-14/h1-8,11H,9-10H2,(H,23,26)(H,24,25). The van der Waals surface area contributed by atoms with Crippen LogP contribution in [0.4, 0.5) is 24.0 Å².